The van der Waals surface area contributed by atoms with Crippen molar-refractivity contribution in [3.63, 3.8) is 0 Å². The van der Waals surface area contributed by atoms with Gasteiger partial charge in [0.25, 0.3) is 0 Å². The van der Waals surface area contributed by atoms with Gasteiger partial charge in [-0.25, -0.2) is 9.37 Å². The Balaban J connectivity index is 2.18. The first kappa shape index (κ1) is 10.0. The first-order valence-corrected chi connectivity index (χ1v) is 4.93. The number of ether oxygens (including phenoxy) is 1. The van der Waals surface area contributed by atoms with E-state index in [0.717, 1.165) is 10.7 Å². The number of rotatable bonds is 2. The normalized spacial score (nSPS) is 10.0. The van der Waals surface area contributed by atoms with Gasteiger partial charge in [0.2, 0.25) is 5.88 Å². The summed E-state index contributed by atoms with van der Waals surface area (Å²) in [6, 6.07) is 4.49. The summed E-state index contributed by atoms with van der Waals surface area (Å²) in [5, 5.41) is 0. The number of pyridine rings is 2. The molecule has 0 aliphatic heterocycles. The van der Waals surface area contributed by atoms with E-state index in [-0.39, 0.29) is 0 Å². The summed E-state index contributed by atoms with van der Waals surface area (Å²) in [6.07, 6.45) is 4.29. The Morgan fingerprint density at radius 2 is 2.07 bits per heavy atom. The van der Waals surface area contributed by atoms with Crippen molar-refractivity contribution >= 4 is 15.9 Å². The second-order valence-corrected chi connectivity index (χ2v) is 3.67. The maximum absolute atomic E-state index is 12.6. The molecule has 15 heavy (non-hydrogen) atoms. The van der Waals surface area contributed by atoms with E-state index in [2.05, 4.69) is 25.9 Å². The lowest BCUT2D eigenvalue weighted by Crippen LogP contribution is -1.88. The minimum absolute atomic E-state index is 0.330. The van der Waals surface area contributed by atoms with E-state index in [4.69, 9.17) is 4.74 Å². The summed E-state index contributed by atoms with van der Waals surface area (Å²) in [7, 11) is 0. The topological polar surface area (TPSA) is 35.0 Å². The molecular weight excluding hydrogens is 263 g/mol. The lowest BCUT2D eigenvalue weighted by atomic mass is 10.4. The van der Waals surface area contributed by atoms with Crippen molar-refractivity contribution in [3.8, 4) is 11.6 Å². The number of nitrogens with zero attached hydrogens (tertiary/aromatic N) is 2. The summed E-state index contributed by atoms with van der Waals surface area (Å²) in [6.45, 7) is 0. The van der Waals surface area contributed by atoms with Crippen LogP contribution in [0.1, 0.15) is 0 Å². The van der Waals surface area contributed by atoms with Gasteiger partial charge in [0.05, 0.1) is 12.4 Å². The highest BCUT2D eigenvalue weighted by atomic mass is 79.9. The van der Waals surface area contributed by atoms with Gasteiger partial charge < -0.3 is 4.74 Å². The zero-order valence-electron chi connectivity index (χ0n) is 7.52. The molecule has 0 fully saturated rings. The Labute approximate surface area is 94.1 Å². The Bertz CT molecular complexity index is 461. The van der Waals surface area contributed by atoms with Crippen molar-refractivity contribution in [3.05, 3.63) is 47.1 Å². The molecule has 76 valence electrons. The van der Waals surface area contributed by atoms with Crippen LogP contribution in [0.25, 0.3) is 0 Å². The van der Waals surface area contributed by atoms with Crippen LogP contribution in [0.4, 0.5) is 4.39 Å². The van der Waals surface area contributed by atoms with Gasteiger partial charge >= 0.3 is 0 Å². The van der Waals surface area contributed by atoms with Crippen LogP contribution < -0.4 is 4.74 Å². The van der Waals surface area contributed by atoms with Gasteiger partial charge in [-0.15, -0.1) is 0 Å². The molecular formula is C10H6BrFN2O. The molecule has 0 atom stereocenters. The minimum Gasteiger partial charge on any atom is -0.437 e. The van der Waals surface area contributed by atoms with E-state index in [1.54, 1.807) is 18.5 Å². The maximum atomic E-state index is 12.6. The predicted octanol–water partition coefficient (Wildman–Crippen LogP) is 3.17. The third kappa shape index (κ3) is 2.73. The maximum Gasteiger partial charge on any atom is 0.219 e. The van der Waals surface area contributed by atoms with Crippen molar-refractivity contribution in [1.29, 1.82) is 0 Å². The molecule has 0 saturated carbocycles. The molecule has 0 aliphatic carbocycles. The van der Waals surface area contributed by atoms with Crippen LogP contribution >= 0.6 is 15.9 Å². The quantitative estimate of drug-likeness (QED) is 0.839. The summed E-state index contributed by atoms with van der Waals surface area (Å²) < 4.78 is 18.7. The number of halogens is 2. The molecule has 0 aliphatic rings. The van der Waals surface area contributed by atoms with Crippen molar-refractivity contribution in [1.82, 2.24) is 9.97 Å². The molecule has 0 aromatic carbocycles. The number of hydrogen-bond donors (Lipinski definition) is 0. The second kappa shape index (κ2) is 4.35. The van der Waals surface area contributed by atoms with Crippen LogP contribution in [-0.4, -0.2) is 9.97 Å². The third-order valence-corrected chi connectivity index (χ3v) is 2.04. The predicted molar refractivity (Wildman–Crippen MR) is 56.2 cm³/mol. The van der Waals surface area contributed by atoms with Crippen molar-refractivity contribution < 1.29 is 9.13 Å². The standard InChI is InChI=1S/C10H6BrFN2O/c11-7-3-9(6-13-4-7)15-10-2-1-8(12)5-14-10/h1-6H. The van der Waals surface area contributed by atoms with E-state index in [1.165, 1.54) is 12.1 Å². The van der Waals surface area contributed by atoms with E-state index in [1.807, 2.05) is 0 Å². The highest BCUT2D eigenvalue weighted by Gasteiger charge is 1.99. The van der Waals surface area contributed by atoms with Crippen LogP contribution in [0.5, 0.6) is 11.6 Å². The molecule has 2 heterocycles. The molecule has 3 nitrogen and oxygen atoms in total. The van der Waals surface area contributed by atoms with Gasteiger partial charge in [-0.3, -0.25) is 4.98 Å². The molecule has 0 radical (unpaired) electrons. The van der Waals surface area contributed by atoms with Gasteiger partial charge in [0.1, 0.15) is 11.6 Å². The molecule has 0 unspecified atom stereocenters. The first-order valence-electron chi connectivity index (χ1n) is 4.14. The van der Waals surface area contributed by atoms with Crippen molar-refractivity contribution in [2.24, 2.45) is 0 Å². The Hall–Kier alpha value is -1.49. The lowest BCUT2D eigenvalue weighted by molar-refractivity contribution is 0.457. The van der Waals surface area contributed by atoms with Crippen LogP contribution in [0.15, 0.2) is 41.3 Å². The smallest absolute Gasteiger partial charge is 0.219 e. The molecule has 0 saturated heterocycles. The van der Waals surface area contributed by atoms with Crippen LogP contribution in [-0.2, 0) is 0 Å². The summed E-state index contributed by atoms with van der Waals surface area (Å²) >= 11 is 3.26. The molecule has 2 rings (SSSR count). The van der Waals surface area contributed by atoms with E-state index < -0.39 is 5.82 Å². The zero-order valence-corrected chi connectivity index (χ0v) is 9.11. The Kier molecular flexibility index (Phi) is 2.91. The average Bonchev–Trinajstić information content (AvgIpc) is 2.22. The minimum atomic E-state index is -0.394. The highest BCUT2D eigenvalue weighted by Crippen LogP contribution is 2.21. The highest BCUT2D eigenvalue weighted by molar-refractivity contribution is 9.10. The molecule has 0 amide bonds. The SMILES string of the molecule is Fc1ccc(Oc2cncc(Br)c2)nc1. The average molecular weight is 269 g/mol. The van der Waals surface area contributed by atoms with Crippen LogP contribution in [0, 0.1) is 5.82 Å². The number of aromatic nitrogens is 2. The molecule has 5 heteroatoms. The molecule has 0 bridgehead atoms. The molecule has 0 N–H and O–H groups in total. The van der Waals surface area contributed by atoms with Gasteiger partial charge in [0.15, 0.2) is 0 Å². The molecule has 2 aromatic rings. The van der Waals surface area contributed by atoms with Gasteiger partial charge in [-0.1, -0.05) is 0 Å². The fourth-order valence-corrected chi connectivity index (χ4v) is 1.34. The van der Waals surface area contributed by atoms with Crippen molar-refractivity contribution in [2.45, 2.75) is 0 Å². The van der Waals surface area contributed by atoms with Gasteiger partial charge in [0, 0.05) is 16.7 Å². The van der Waals surface area contributed by atoms with E-state index in [9.17, 15) is 4.39 Å². The Morgan fingerprint density at radius 3 is 2.73 bits per heavy atom. The monoisotopic (exact) mass is 268 g/mol. The van der Waals surface area contributed by atoms with Crippen LogP contribution in [0.2, 0.25) is 0 Å². The molecule has 0 spiro atoms. The number of hydrogen-bond acceptors (Lipinski definition) is 3. The summed E-state index contributed by atoms with van der Waals surface area (Å²) in [5.74, 6) is 0.481. The fraction of sp³-hybridized carbons (Fsp3) is 0. The van der Waals surface area contributed by atoms with E-state index >= 15 is 0 Å². The van der Waals surface area contributed by atoms with E-state index in [0.29, 0.717) is 11.6 Å². The summed E-state index contributed by atoms with van der Waals surface area (Å²) in [5.41, 5.74) is 0. The Morgan fingerprint density at radius 1 is 1.20 bits per heavy atom. The lowest BCUT2D eigenvalue weighted by Gasteiger charge is -2.03. The zero-order chi connectivity index (χ0) is 10.7. The summed E-state index contributed by atoms with van der Waals surface area (Å²) in [4.78, 5) is 7.69. The fourth-order valence-electron chi connectivity index (χ4n) is 0.992. The van der Waals surface area contributed by atoms with Crippen molar-refractivity contribution in [2.75, 3.05) is 0 Å². The second-order valence-electron chi connectivity index (χ2n) is 2.76. The van der Waals surface area contributed by atoms with Crippen LogP contribution in [0.3, 0.4) is 0 Å². The largest absolute Gasteiger partial charge is 0.437 e. The third-order valence-electron chi connectivity index (χ3n) is 1.60. The molecule has 2 aromatic heterocycles. The van der Waals surface area contributed by atoms with Gasteiger partial charge in [-0.05, 0) is 28.1 Å². The van der Waals surface area contributed by atoms with Gasteiger partial charge in [-0.2, -0.15) is 0 Å². The first-order chi connectivity index (χ1) is 7.24.